The molecule has 4 heteroatoms. The van der Waals surface area contributed by atoms with Gasteiger partial charge in [0, 0.05) is 6.54 Å². The Bertz CT molecular complexity index is 640. The van der Waals surface area contributed by atoms with Crippen molar-refractivity contribution in [3.05, 3.63) is 65.2 Å². The topological polar surface area (TPSA) is 61.4 Å². The molecular weight excluding hydrogens is 276 g/mol. The lowest BCUT2D eigenvalue weighted by Crippen LogP contribution is -2.38. The number of rotatable bonds is 5. The number of phenolic OH excluding ortho intramolecular Hbond substituents is 1. The van der Waals surface area contributed by atoms with Crippen LogP contribution in [0.2, 0.25) is 0 Å². The second kappa shape index (κ2) is 7.50. The van der Waals surface area contributed by atoms with Crippen molar-refractivity contribution >= 4 is 6.03 Å². The van der Waals surface area contributed by atoms with Crippen LogP contribution in [0, 0.1) is 6.92 Å². The van der Waals surface area contributed by atoms with Crippen LogP contribution in [0.3, 0.4) is 0 Å². The molecule has 0 fully saturated rings. The zero-order valence-electron chi connectivity index (χ0n) is 13.0. The Kier molecular flexibility index (Phi) is 5.42. The maximum Gasteiger partial charge on any atom is 0.315 e. The fraction of sp³-hybridized carbons (Fsp3) is 0.278. The Morgan fingerprint density at radius 2 is 1.95 bits per heavy atom. The van der Waals surface area contributed by atoms with E-state index in [1.165, 1.54) is 0 Å². The molecule has 0 heterocycles. The lowest BCUT2D eigenvalue weighted by atomic mass is 10.0. The van der Waals surface area contributed by atoms with Crippen molar-refractivity contribution in [2.75, 3.05) is 6.54 Å². The molecule has 22 heavy (non-hydrogen) atoms. The third-order valence-electron chi connectivity index (χ3n) is 3.61. The summed E-state index contributed by atoms with van der Waals surface area (Å²) in [5.41, 5.74) is 3.27. The third kappa shape index (κ3) is 4.52. The van der Waals surface area contributed by atoms with Crippen LogP contribution in [0.25, 0.3) is 0 Å². The molecule has 0 radical (unpaired) electrons. The fourth-order valence-corrected chi connectivity index (χ4v) is 2.43. The molecule has 0 aromatic heterocycles. The van der Waals surface area contributed by atoms with Crippen molar-refractivity contribution in [3.63, 3.8) is 0 Å². The molecule has 116 valence electrons. The van der Waals surface area contributed by atoms with Gasteiger partial charge in [-0.1, -0.05) is 36.4 Å². The van der Waals surface area contributed by atoms with Crippen molar-refractivity contribution in [1.29, 1.82) is 0 Å². The van der Waals surface area contributed by atoms with Gasteiger partial charge in [0.15, 0.2) is 0 Å². The summed E-state index contributed by atoms with van der Waals surface area (Å²) in [5, 5.41) is 15.2. The molecule has 2 aromatic carbocycles. The van der Waals surface area contributed by atoms with E-state index in [1.54, 1.807) is 18.2 Å². The molecule has 0 spiro atoms. The zero-order chi connectivity index (χ0) is 15.9. The number of urea groups is 1. The number of benzene rings is 2. The van der Waals surface area contributed by atoms with Gasteiger partial charge >= 0.3 is 6.03 Å². The molecule has 0 saturated carbocycles. The van der Waals surface area contributed by atoms with Crippen LogP contribution in [-0.2, 0) is 6.42 Å². The van der Waals surface area contributed by atoms with Gasteiger partial charge in [-0.15, -0.1) is 0 Å². The number of hydrogen-bond acceptors (Lipinski definition) is 2. The highest BCUT2D eigenvalue weighted by atomic mass is 16.3. The van der Waals surface area contributed by atoms with E-state index < -0.39 is 0 Å². The summed E-state index contributed by atoms with van der Waals surface area (Å²) >= 11 is 0. The molecule has 0 aliphatic heterocycles. The van der Waals surface area contributed by atoms with Crippen LogP contribution in [-0.4, -0.2) is 17.7 Å². The van der Waals surface area contributed by atoms with Crippen molar-refractivity contribution in [2.45, 2.75) is 26.3 Å². The highest BCUT2D eigenvalue weighted by Gasteiger charge is 2.10. The van der Waals surface area contributed by atoms with Crippen LogP contribution < -0.4 is 10.6 Å². The van der Waals surface area contributed by atoms with E-state index in [0.717, 1.165) is 16.7 Å². The van der Waals surface area contributed by atoms with E-state index in [-0.39, 0.29) is 17.8 Å². The smallest absolute Gasteiger partial charge is 0.315 e. The van der Waals surface area contributed by atoms with Crippen LogP contribution in [0.1, 0.15) is 29.7 Å². The van der Waals surface area contributed by atoms with Gasteiger partial charge < -0.3 is 15.7 Å². The average molecular weight is 298 g/mol. The Hall–Kier alpha value is -2.49. The molecule has 4 nitrogen and oxygen atoms in total. The summed E-state index contributed by atoms with van der Waals surface area (Å²) in [4.78, 5) is 11.9. The normalized spacial score (nSPS) is 11.7. The quantitative estimate of drug-likeness (QED) is 0.793. The molecule has 2 aromatic rings. The minimum Gasteiger partial charge on any atom is -0.508 e. The van der Waals surface area contributed by atoms with E-state index in [0.29, 0.717) is 13.0 Å². The van der Waals surface area contributed by atoms with Crippen molar-refractivity contribution in [2.24, 2.45) is 0 Å². The van der Waals surface area contributed by atoms with Gasteiger partial charge in [0.05, 0.1) is 6.04 Å². The highest BCUT2D eigenvalue weighted by molar-refractivity contribution is 5.74. The Balaban J connectivity index is 1.79. The van der Waals surface area contributed by atoms with Gasteiger partial charge in [0.25, 0.3) is 0 Å². The molecule has 2 rings (SSSR count). The van der Waals surface area contributed by atoms with E-state index in [4.69, 9.17) is 0 Å². The second-order valence-electron chi connectivity index (χ2n) is 5.40. The minimum absolute atomic E-state index is 0.0398. The Morgan fingerprint density at radius 3 is 2.68 bits per heavy atom. The van der Waals surface area contributed by atoms with Crippen molar-refractivity contribution in [1.82, 2.24) is 10.6 Å². The largest absolute Gasteiger partial charge is 0.508 e. The summed E-state index contributed by atoms with van der Waals surface area (Å²) in [7, 11) is 0. The summed E-state index contributed by atoms with van der Waals surface area (Å²) in [6, 6.07) is 14.9. The SMILES string of the molecule is Cc1ccccc1C(C)NC(=O)NCCc1cccc(O)c1. The number of aromatic hydroxyl groups is 1. The van der Waals surface area contributed by atoms with Gasteiger partial charge in [-0.05, 0) is 49.1 Å². The zero-order valence-corrected chi connectivity index (χ0v) is 13.0. The van der Waals surface area contributed by atoms with Crippen molar-refractivity contribution < 1.29 is 9.90 Å². The Morgan fingerprint density at radius 1 is 1.18 bits per heavy atom. The fourth-order valence-electron chi connectivity index (χ4n) is 2.43. The number of hydrogen-bond donors (Lipinski definition) is 3. The standard InChI is InChI=1S/C18H22N2O2/c1-13-6-3-4-9-17(13)14(2)20-18(22)19-11-10-15-7-5-8-16(21)12-15/h3-9,12,14,21H,10-11H2,1-2H3,(H2,19,20,22). The predicted octanol–water partition coefficient (Wildman–Crippen LogP) is 3.30. The average Bonchev–Trinajstić information content (AvgIpc) is 2.47. The lowest BCUT2D eigenvalue weighted by molar-refractivity contribution is 0.238. The first-order valence-corrected chi connectivity index (χ1v) is 7.44. The molecule has 1 atom stereocenters. The molecular formula is C18H22N2O2. The number of amides is 2. The maximum absolute atomic E-state index is 11.9. The minimum atomic E-state index is -0.184. The van der Waals surface area contributed by atoms with E-state index in [1.807, 2.05) is 44.2 Å². The molecule has 0 bridgehead atoms. The van der Waals surface area contributed by atoms with E-state index in [2.05, 4.69) is 10.6 Å². The van der Waals surface area contributed by atoms with Gasteiger partial charge in [0.1, 0.15) is 5.75 Å². The van der Waals surface area contributed by atoms with E-state index >= 15 is 0 Å². The van der Waals surface area contributed by atoms with Crippen LogP contribution in [0.15, 0.2) is 48.5 Å². The Labute approximate surface area is 131 Å². The van der Waals surface area contributed by atoms with Gasteiger partial charge in [-0.3, -0.25) is 0 Å². The molecule has 0 aliphatic carbocycles. The number of aryl methyl sites for hydroxylation is 1. The first kappa shape index (κ1) is 15.9. The van der Waals surface area contributed by atoms with Gasteiger partial charge in [-0.2, -0.15) is 0 Å². The third-order valence-corrected chi connectivity index (χ3v) is 3.61. The molecule has 2 amide bonds. The first-order valence-electron chi connectivity index (χ1n) is 7.44. The lowest BCUT2D eigenvalue weighted by Gasteiger charge is -2.17. The summed E-state index contributed by atoms with van der Waals surface area (Å²) in [6.45, 7) is 4.53. The van der Waals surface area contributed by atoms with Crippen LogP contribution in [0.4, 0.5) is 4.79 Å². The summed E-state index contributed by atoms with van der Waals surface area (Å²) < 4.78 is 0. The number of carbonyl (C=O) groups excluding carboxylic acids is 1. The second-order valence-corrected chi connectivity index (χ2v) is 5.40. The number of carbonyl (C=O) groups is 1. The van der Waals surface area contributed by atoms with Gasteiger partial charge in [0.2, 0.25) is 0 Å². The first-order chi connectivity index (χ1) is 10.6. The molecule has 1 unspecified atom stereocenters. The number of phenols is 1. The molecule has 0 saturated heterocycles. The molecule has 3 N–H and O–H groups in total. The maximum atomic E-state index is 11.9. The van der Waals surface area contributed by atoms with Crippen molar-refractivity contribution in [3.8, 4) is 5.75 Å². The summed E-state index contributed by atoms with van der Waals surface area (Å²) in [5.74, 6) is 0.245. The molecule has 0 aliphatic rings. The van der Waals surface area contributed by atoms with Crippen LogP contribution in [0.5, 0.6) is 5.75 Å². The van der Waals surface area contributed by atoms with E-state index in [9.17, 15) is 9.90 Å². The van der Waals surface area contributed by atoms with Gasteiger partial charge in [-0.25, -0.2) is 4.79 Å². The summed E-state index contributed by atoms with van der Waals surface area (Å²) in [6.07, 6.45) is 0.681. The van der Waals surface area contributed by atoms with Crippen LogP contribution >= 0.6 is 0 Å². The monoisotopic (exact) mass is 298 g/mol. The predicted molar refractivity (Wildman–Crippen MR) is 87.9 cm³/mol. The highest BCUT2D eigenvalue weighted by Crippen LogP contribution is 2.16. The number of nitrogens with one attached hydrogen (secondary N) is 2.